The molecule has 0 saturated carbocycles. The molecule has 0 bridgehead atoms. The monoisotopic (exact) mass is 362 g/mol. The van der Waals surface area contributed by atoms with Crippen LogP contribution in [-0.2, 0) is 0 Å². The smallest absolute Gasteiger partial charge is 0.148 e. The Morgan fingerprint density at radius 1 is 1.53 bits per heavy atom. The van der Waals surface area contributed by atoms with E-state index in [0.717, 1.165) is 16.4 Å². The van der Waals surface area contributed by atoms with Gasteiger partial charge in [-0.15, -0.1) is 11.3 Å². The summed E-state index contributed by atoms with van der Waals surface area (Å²) in [6.45, 7) is 4.65. The highest BCUT2D eigenvalue weighted by Crippen LogP contribution is 2.34. The summed E-state index contributed by atoms with van der Waals surface area (Å²) in [5.41, 5.74) is 0.540. The van der Waals surface area contributed by atoms with E-state index >= 15 is 0 Å². The molecule has 0 aliphatic heterocycles. The summed E-state index contributed by atoms with van der Waals surface area (Å²) in [6, 6.07) is 3.29. The van der Waals surface area contributed by atoms with Crippen LogP contribution in [0.1, 0.15) is 28.4 Å². The minimum atomic E-state index is -0.395. The van der Waals surface area contributed by atoms with Crippen LogP contribution in [0.5, 0.6) is 0 Å². The van der Waals surface area contributed by atoms with Crippen molar-refractivity contribution >= 4 is 38.9 Å². The molecule has 0 radical (unpaired) electrons. The fourth-order valence-corrected chi connectivity index (χ4v) is 3.20. The Morgan fingerprint density at radius 2 is 2.26 bits per heavy atom. The molecule has 0 saturated heterocycles. The van der Waals surface area contributed by atoms with Crippen LogP contribution in [0.15, 0.2) is 22.8 Å². The SMILES string of the molecule is CCNC(c1cnc(C)s1)c1ccc(Br)c(Cl)c1F. The number of nitrogens with zero attached hydrogens (tertiary/aromatic N) is 1. The maximum absolute atomic E-state index is 14.3. The van der Waals surface area contributed by atoms with E-state index in [1.807, 2.05) is 13.8 Å². The van der Waals surface area contributed by atoms with E-state index in [0.29, 0.717) is 10.0 Å². The summed E-state index contributed by atoms with van der Waals surface area (Å²) >= 11 is 10.7. The Morgan fingerprint density at radius 3 is 2.84 bits per heavy atom. The van der Waals surface area contributed by atoms with Gasteiger partial charge in [0.25, 0.3) is 0 Å². The highest BCUT2D eigenvalue weighted by atomic mass is 79.9. The van der Waals surface area contributed by atoms with Crippen molar-refractivity contribution in [3.05, 3.63) is 49.1 Å². The molecular formula is C13H13BrClFN2S. The van der Waals surface area contributed by atoms with Crippen molar-refractivity contribution < 1.29 is 4.39 Å². The van der Waals surface area contributed by atoms with E-state index in [-0.39, 0.29) is 11.1 Å². The lowest BCUT2D eigenvalue weighted by molar-refractivity contribution is 0.562. The molecule has 0 spiro atoms. The number of hydrogen-bond acceptors (Lipinski definition) is 3. The van der Waals surface area contributed by atoms with Crippen molar-refractivity contribution in [3.63, 3.8) is 0 Å². The van der Waals surface area contributed by atoms with Crippen LogP contribution < -0.4 is 5.32 Å². The van der Waals surface area contributed by atoms with Gasteiger partial charge in [0.1, 0.15) is 5.82 Å². The average Bonchev–Trinajstić information content (AvgIpc) is 2.81. The van der Waals surface area contributed by atoms with E-state index in [1.165, 1.54) is 0 Å². The Bertz CT molecular complexity index is 588. The number of nitrogens with one attached hydrogen (secondary N) is 1. The lowest BCUT2D eigenvalue weighted by atomic mass is 10.1. The molecule has 0 aliphatic carbocycles. The zero-order valence-electron chi connectivity index (χ0n) is 10.5. The maximum atomic E-state index is 14.3. The zero-order valence-corrected chi connectivity index (χ0v) is 13.7. The van der Waals surface area contributed by atoms with Crippen molar-refractivity contribution in [1.82, 2.24) is 10.3 Å². The largest absolute Gasteiger partial charge is 0.306 e. The van der Waals surface area contributed by atoms with Crippen LogP contribution in [0, 0.1) is 12.7 Å². The average molecular weight is 364 g/mol. The summed E-state index contributed by atoms with van der Waals surface area (Å²) in [5.74, 6) is -0.395. The van der Waals surface area contributed by atoms with Crippen LogP contribution in [0.25, 0.3) is 0 Å². The van der Waals surface area contributed by atoms with Gasteiger partial charge in [0.2, 0.25) is 0 Å². The molecule has 1 aromatic carbocycles. The number of rotatable bonds is 4. The fourth-order valence-electron chi connectivity index (χ4n) is 1.84. The first-order valence-corrected chi connectivity index (χ1v) is 7.82. The second-order valence-corrected chi connectivity index (χ2v) is 6.54. The molecular weight excluding hydrogens is 351 g/mol. The van der Waals surface area contributed by atoms with Crippen LogP contribution in [0.4, 0.5) is 4.39 Å². The molecule has 6 heteroatoms. The number of aromatic nitrogens is 1. The van der Waals surface area contributed by atoms with Gasteiger partial charge in [-0.3, -0.25) is 0 Å². The number of aryl methyl sites for hydroxylation is 1. The predicted octanol–water partition coefficient (Wildman–Crippen LogP) is 4.71. The van der Waals surface area contributed by atoms with E-state index in [4.69, 9.17) is 11.6 Å². The molecule has 1 heterocycles. The lowest BCUT2D eigenvalue weighted by Gasteiger charge is -2.18. The molecule has 2 aromatic rings. The van der Waals surface area contributed by atoms with Gasteiger partial charge >= 0.3 is 0 Å². The predicted molar refractivity (Wildman–Crippen MR) is 81.5 cm³/mol. The summed E-state index contributed by atoms with van der Waals surface area (Å²) in [6.07, 6.45) is 1.78. The quantitative estimate of drug-likeness (QED) is 0.796. The molecule has 19 heavy (non-hydrogen) atoms. The summed E-state index contributed by atoms with van der Waals surface area (Å²) < 4.78 is 14.9. The van der Waals surface area contributed by atoms with Crippen LogP contribution in [0.2, 0.25) is 5.02 Å². The summed E-state index contributed by atoms with van der Waals surface area (Å²) in [7, 11) is 0. The van der Waals surface area contributed by atoms with E-state index in [2.05, 4.69) is 26.2 Å². The first kappa shape index (κ1) is 14.9. The van der Waals surface area contributed by atoms with E-state index in [1.54, 1.807) is 29.7 Å². The first-order valence-electron chi connectivity index (χ1n) is 5.83. The van der Waals surface area contributed by atoms with E-state index in [9.17, 15) is 4.39 Å². The number of benzene rings is 1. The van der Waals surface area contributed by atoms with Gasteiger partial charge in [-0.05, 0) is 35.5 Å². The van der Waals surface area contributed by atoms with Crippen LogP contribution in [-0.4, -0.2) is 11.5 Å². The van der Waals surface area contributed by atoms with Crippen molar-refractivity contribution in [2.45, 2.75) is 19.9 Å². The molecule has 0 aliphatic rings. The molecule has 1 unspecified atom stereocenters. The van der Waals surface area contributed by atoms with Gasteiger partial charge in [0.15, 0.2) is 0 Å². The second kappa shape index (κ2) is 6.31. The molecule has 1 aromatic heterocycles. The molecule has 1 N–H and O–H groups in total. The summed E-state index contributed by atoms with van der Waals surface area (Å²) in [4.78, 5) is 5.21. The van der Waals surface area contributed by atoms with Crippen molar-refractivity contribution in [2.75, 3.05) is 6.54 Å². The third-order valence-corrected chi connectivity index (χ3v) is 4.94. The lowest BCUT2D eigenvalue weighted by Crippen LogP contribution is -2.22. The van der Waals surface area contributed by atoms with Gasteiger partial charge < -0.3 is 5.32 Å². The normalized spacial score (nSPS) is 12.7. The first-order chi connectivity index (χ1) is 9.04. The number of thiazole rings is 1. The Hall–Kier alpha value is -0.490. The van der Waals surface area contributed by atoms with Gasteiger partial charge in [0.05, 0.1) is 16.1 Å². The molecule has 0 amide bonds. The highest BCUT2D eigenvalue weighted by molar-refractivity contribution is 9.10. The molecule has 1 atom stereocenters. The van der Waals surface area contributed by atoms with Gasteiger partial charge in [0, 0.05) is 21.1 Å². The molecule has 2 nitrogen and oxygen atoms in total. The molecule has 2 rings (SSSR count). The van der Waals surface area contributed by atoms with Crippen LogP contribution >= 0.6 is 38.9 Å². The zero-order chi connectivity index (χ0) is 14.0. The van der Waals surface area contributed by atoms with Crippen molar-refractivity contribution in [3.8, 4) is 0 Å². The fraction of sp³-hybridized carbons (Fsp3) is 0.308. The van der Waals surface area contributed by atoms with Gasteiger partial charge in [-0.2, -0.15) is 0 Å². The number of hydrogen-bond donors (Lipinski definition) is 1. The Labute approximate surface area is 129 Å². The molecule has 0 fully saturated rings. The second-order valence-electron chi connectivity index (χ2n) is 4.04. The third-order valence-electron chi connectivity index (χ3n) is 2.71. The highest BCUT2D eigenvalue weighted by Gasteiger charge is 2.21. The molecule has 102 valence electrons. The third kappa shape index (κ3) is 3.16. The Kier molecular flexibility index (Phi) is 4.95. The Balaban J connectivity index is 2.48. The van der Waals surface area contributed by atoms with Gasteiger partial charge in [-0.1, -0.05) is 24.6 Å². The minimum absolute atomic E-state index is 0.113. The number of halogens is 3. The van der Waals surface area contributed by atoms with Crippen molar-refractivity contribution in [2.24, 2.45) is 0 Å². The van der Waals surface area contributed by atoms with Crippen molar-refractivity contribution in [1.29, 1.82) is 0 Å². The van der Waals surface area contributed by atoms with Crippen LogP contribution in [0.3, 0.4) is 0 Å². The van der Waals surface area contributed by atoms with E-state index < -0.39 is 5.82 Å². The maximum Gasteiger partial charge on any atom is 0.148 e. The topological polar surface area (TPSA) is 24.9 Å². The minimum Gasteiger partial charge on any atom is -0.306 e. The van der Waals surface area contributed by atoms with Gasteiger partial charge in [-0.25, -0.2) is 9.37 Å². The standard InChI is InChI=1S/C13H13BrClFN2S/c1-3-17-13(10-6-18-7(2)19-10)8-4-5-9(14)11(15)12(8)16/h4-6,13,17H,3H2,1-2H3. The summed E-state index contributed by atoms with van der Waals surface area (Å²) in [5, 5.41) is 4.34.